The summed E-state index contributed by atoms with van der Waals surface area (Å²) in [6, 6.07) is 0. The first-order chi connectivity index (χ1) is 8.70. The van der Waals surface area contributed by atoms with Crippen molar-refractivity contribution < 1.29 is 4.79 Å². The molecule has 1 unspecified atom stereocenters. The second-order valence-electron chi connectivity index (χ2n) is 4.51. The minimum Gasteiger partial charge on any atom is -0.369 e. The first-order valence-corrected chi connectivity index (χ1v) is 6.26. The van der Waals surface area contributed by atoms with E-state index in [4.69, 9.17) is 5.73 Å². The van der Waals surface area contributed by atoms with E-state index in [9.17, 15) is 4.79 Å². The van der Waals surface area contributed by atoms with Crippen LogP contribution in [0.25, 0.3) is 0 Å². The maximum absolute atomic E-state index is 11.1. The number of primary amides is 1. The van der Waals surface area contributed by atoms with E-state index >= 15 is 0 Å². The number of carbonyl (C=O) groups is 1. The van der Waals surface area contributed by atoms with Gasteiger partial charge in [-0.25, -0.2) is 9.97 Å². The molecule has 0 saturated carbocycles. The molecule has 0 aromatic carbocycles. The van der Waals surface area contributed by atoms with E-state index in [2.05, 4.69) is 22.2 Å². The van der Waals surface area contributed by atoms with E-state index in [0.717, 1.165) is 31.6 Å². The van der Waals surface area contributed by atoms with Crippen LogP contribution < -0.4 is 16.0 Å². The van der Waals surface area contributed by atoms with Crippen molar-refractivity contribution >= 4 is 11.9 Å². The van der Waals surface area contributed by atoms with Crippen molar-refractivity contribution in [3.63, 3.8) is 0 Å². The number of aromatic nitrogens is 2. The Balaban J connectivity index is 1.96. The lowest BCUT2D eigenvalue weighted by atomic mass is 10.1. The third kappa shape index (κ3) is 2.95. The van der Waals surface area contributed by atoms with Crippen LogP contribution in [-0.4, -0.2) is 35.5 Å². The summed E-state index contributed by atoms with van der Waals surface area (Å²) in [6.45, 7) is 5.18. The molecule has 1 amide bonds. The molecular formula is C12H19N5O. The van der Waals surface area contributed by atoms with Crippen LogP contribution in [0.15, 0.2) is 12.4 Å². The maximum Gasteiger partial charge on any atom is 0.225 e. The van der Waals surface area contributed by atoms with Crippen molar-refractivity contribution in [3.8, 4) is 0 Å². The van der Waals surface area contributed by atoms with Crippen LogP contribution in [0.2, 0.25) is 0 Å². The van der Waals surface area contributed by atoms with Gasteiger partial charge in [-0.1, -0.05) is 6.92 Å². The quantitative estimate of drug-likeness (QED) is 0.761. The van der Waals surface area contributed by atoms with Crippen LogP contribution in [-0.2, 0) is 11.3 Å². The van der Waals surface area contributed by atoms with Gasteiger partial charge in [0.15, 0.2) is 0 Å². The molecule has 1 aromatic rings. The number of nitrogens with two attached hydrogens (primary N) is 1. The van der Waals surface area contributed by atoms with Gasteiger partial charge in [0, 0.05) is 37.6 Å². The molecule has 6 heteroatoms. The van der Waals surface area contributed by atoms with Gasteiger partial charge in [-0.15, -0.1) is 0 Å². The van der Waals surface area contributed by atoms with E-state index in [0.29, 0.717) is 12.5 Å². The van der Waals surface area contributed by atoms with Gasteiger partial charge in [-0.3, -0.25) is 4.79 Å². The van der Waals surface area contributed by atoms with E-state index in [1.54, 1.807) is 0 Å². The summed E-state index contributed by atoms with van der Waals surface area (Å²) in [6.07, 6.45) is 4.43. The minimum atomic E-state index is -0.235. The van der Waals surface area contributed by atoms with E-state index in [-0.39, 0.29) is 11.8 Å². The van der Waals surface area contributed by atoms with Crippen molar-refractivity contribution in [2.45, 2.75) is 19.9 Å². The molecule has 1 saturated heterocycles. The molecule has 1 aromatic heterocycles. The number of anilines is 1. The van der Waals surface area contributed by atoms with Crippen molar-refractivity contribution in [2.24, 2.45) is 11.7 Å². The van der Waals surface area contributed by atoms with Gasteiger partial charge >= 0.3 is 0 Å². The minimum absolute atomic E-state index is 0.0740. The zero-order chi connectivity index (χ0) is 13.0. The molecule has 0 bridgehead atoms. The lowest BCUT2D eigenvalue weighted by Gasteiger charge is -2.15. The van der Waals surface area contributed by atoms with Crippen LogP contribution in [0.1, 0.15) is 18.9 Å². The molecule has 98 valence electrons. The summed E-state index contributed by atoms with van der Waals surface area (Å²) in [4.78, 5) is 21.8. The highest BCUT2D eigenvalue weighted by atomic mass is 16.1. The van der Waals surface area contributed by atoms with Gasteiger partial charge in [-0.2, -0.15) is 0 Å². The Hall–Kier alpha value is -1.69. The molecule has 0 radical (unpaired) electrons. The van der Waals surface area contributed by atoms with Crippen LogP contribution in [0.3, 0.4) is 0 Å². The van der Waals surface area contributed by atoms with Crippen molar-refractivity contribution in [3.05, 3.63) is 18.0 Å². The van der Waals surface area contributed by atoms with E-state index in [1.807, 2.05) is 17.3 Å². The second-order valence-corrected chi connectivity index (χ2v) is 4.51. The highest BCUT2D eigenvalue weighted by Gasteiger charge is 2.27. The Morgan fingerprint density at radius 3 is 2.83 bits per heavy atom. The zero-order valence-corrected chi connectivity index (χ0v) is 10.6. The third-order valence-corrected chi connectivity index (χ3v) is 3.14. The third-order valence-electron chi connectivity index (χ3n) is 3.14. The van der Waals surface area contributed by atoms with E-state index < -0.39 is 0 Å². The van der Waals surface area contributed by atoms with Crippen molar-refractivity contribution in [2.75, 3.05) is 24.5 Å². The lowest BCUT2D eigenvalue weighted by molar-refractivity contribution is -0.121. The predicted molar refractivity (Wildman–Crippen MR) is 68.9 cm³/mol. The average Bonchev–Trinajstić information content (AvgIpc) is 2.87. The van der Waals surface area contributed by atoms with Crippen LogP contribution in [0, 0.1) is 5.92 Å². The molecular weight excluding hydrogens is 230 g/mol. The summed E-state index contributed by atoms with van der Waals surface area (Å²) < 4.78 is 0. The van der Waals surface area contributed by atoms with Gasteiger partial charge in [-0.05, 0) is 13.0 Å². The number of nitrogens with one attached hydrogen (secondary N) is 1. The molecule has 2 heterocycles. The summed E-state index contributed by atoms with van der Waals surface area (Å²) in [5.74, 6) is 0.371. The van der Waals surface area contributed by atoms with Crippen molar-refractivity contribution in [1.82, 2.24) is 15.3 Å². The summed E-state index contributed by atoms with van der Waals surface area (Å²) in [7, 11) is 0. The number of hydrogen-bond acceptors (Lipinski definition) is 5. The molecule has 2 rings (SSSR count). The van der Waals surface area contributed by atoms with Gasteiger partial charge in [0.05, 0.1) is 5.92 Å². The molecule has 0 aliphatic carbocycles. The Morgan fingerprint density at radius 2 is 2.28 bits per heavy atom. The predicted octanol–water partition coefficient (Wildman–Crippen LogP) is -0.102. The zero-order valence-electron chi connectivity index (χ0n) is 10.6. The number of amides is 1. The average molecular weight is 249 g/mol. The molecule has 0 spiro atoms. The maximum atomic E-state index is 11.1. The Bertz CT molecular complexity index is 405. The second kappa shape index (κ2) is 5.77. The number of hydrogen-bond donors (Lipinski definition) is 2. The SMILES string of the molecule is CCNCc1cnc(N2CCC(C(N)=O)C2)nc1. The molecule has 6 nitrogen and oxygen atoms in total. The topological polar surface area (TPSA) is 84.1 Å². The Morgan fingerprint density at radius 1 is 1.56 bits per heavy atom. The molecule has 1 aliphatic rings. The summed E-state index contributed by atoms with van der Waals surface area (Å²) in [5.41, 5.74) is 6.36. The first kappa shape index (κ1) is 12.8. The van der Waals surface area contributed by atoms with Gasteiger partial charge < -0.3 is 16.0 Å². The lowest BCUT2D eigenvalue weighted by Crippen LogP contribution is -2.28. The Kier molecular flexibility index (Phi) is 4.09. The standard InChI is InChI=1S/C12H19N5O/c1-2-14-5-9-6-15-12(16-7-9)17-4-3-10(8-17)11(13)18/h6-7,10,14H,2-5,8H2,1H3,(H2,13,18). The molecule has 1 fully saturated rings. The smallest absolute Gasteiger partial charge is 0.225 e. The normalized spacial score (nSPS) is 19.2. The fourth-order valence-corrected chi connectivity index (χ4v) is 2.05. The monoisotopic (exact) mass is 249 g/mol. The van der Waals surface area contributed by atoms with Gasteiger partial charge in [0.1, 0.15) is 0 Å². The largest absolute Gasteiger partial charge is 0.369 e. The first-order valence-electron chi connectivity index (χ1n) is 6.26. The summed E-state index contributed by atoms with van der Waals surface area (Å²) >= 11 is 0. The Labute approximate surface area is 107 Å². The number of carbonyl (C=O) groups excluding carboxylic acids is 1. The van der Waals surface area contributed by atoms with Gasteiger partial charge in [0.2, 0.25) is 11.9 Å². The molecule has 1 atom stereocenters. The number of rotatable bonds is 5. The fourth-order valence-electron chi connectivity index (χ4n) is 2.05. The van der Waals surface area contributed by atoms with Gasteiger partial charge in [0.25, 0.3) is 0 Å². The highest BCUT2D eigenvalue weighted by molar-refractivity contribution is 5.78. The molecule has 1 aliphatic heterocycles. The molecule has 18 heavy (non-hydrogen) atoms. The van der Waals surface area contributed by atoms with Crippen LogP contribution in [0.5, 0.6) is 0 Å². The number of nitrogens with zero attached hydrogens (tertiary/aromatic N) is 3. The highest BCUT2D eigenvalue weighted by Crippen LogP contribution is 2.19. The van der Waals surface area contributed by atoms with Crippen molar-refractivity contribution in [1.29, 1.82) is 0 Å². The summed E-state index contributed by atoms with van der Waals surface area (Å²) in [5, 5.41) is 3.22. The fraction of sp³-hybridized carbons (Fsp3) is 0.583. The van der Waals surface area contributed by atoms with E-state index in [1.165, 1.54) is 0 Å². The van der Waals surface area contributed by atoms with Crippen LogP contribution >= 0.6 is 0 Å². The molecule has 3 N–H and O–H groups in total. The van der Waals surface area contributed by atoms with Crippen LogP contribution in [0.4, 0.5) is 5.95 Å².